The summed E-state index contributed by atoms with van der Waals surface area (Å²) < 4.78 is 0. The van der Waals surface area contributed by atoms with Gasteiger partial charge in [-0.3, -0.25) is 4.79 Å². The second kappa shape index (κ2) is 4.49. The molecule has 0 atom stereocenters. The molecule has 0 spiro atoms. The summed E-state index contributed by atoms with van der Waals surface area (Å²) in [6, 6.07) is 5.87. The van der Waals surface area contributed by atoms with E-state index >= 15 is 0 Å². The third-order valence-corrected chi connectivity index (χ3v) is 3.48. The Morgan fingerprint density at radius 3 is 2.53 bits per heavy atom. The van der Waals surface area contributed by atoms with E-state index in [0.29, 0.717) is 12.8 Å². The fourth-order valence-corrected chi connectivity index (χ4v) is 2.38. The van der Waals surface area contributed by atoms with Crippen molar-refractivity contribution in [2.45, 2.75) is 45.1 Å². The van der Waals surface area contributed by atoms with E-state index in [9.17, 15) is 9.90 Å². The monoisotopic (exact) mass is 233 g/mol. The predicted molar refractivity (Wildman–Crippen MR) is 68.0 cm³/mol. The van der Waals surface area contributed by atoms with E-state index in [0.717, 1.165) is 24.1 Å². The molecule has 1 saturated carbocycles. The molecule has 1 fully saturated rings. The Balaban J connectivity index is 2.13. The van der Waals surface area contributed by atoms with Gasteiger partial charge >= 0.3 is 0 Å². The minimum absolute atomic E-state index is 0.262. The lowest BCUT2D eigenvalue weighted by Gasteiger charge is -2.21. The van der Waals surface area contributed by atoms with Crippen LogP contribution in [0.15, 0.2) is 18.2 Å². The van der Waals surface area contributed by atoms with Crippen LogP contribution in [0.4, 0.5) is 5.69 Å². The van der Waals surface area contributed by atoms with Crippen molar-refractivity contribution in [1.82, 2.24) is 0 Å². The first-order chi connectivity index (χ1) is 8.01. The maximum Gasteiger partial charge on any atom is 0.256 e. The summed E-state index contributed by atoms with van der Waals surface area (Å²) >= 11 is 0. The molecular weight excluding hydrogens is 214 g/mol. The van der Waals surface area contributed by atoms with Crippen molar-refractivity contribution in [2.75, 3.05) is 5.32 Å². The highest BCUT2D eigenvalue weighted by Gasteiger charge is 2.38. The molecule has 1 aliphatic carbocycles. The van der Waals surface area contributed by atoms with E-state index in [-0.39, 0.29) is 5.91 Å². The lowest BCUT2D eigenvalue weighted by Crippen LogP contribution is -2.40. The number of anilines is 1. The average molecular weight is 233 g/mol. The maximum atomic E-state index is 12.0. The Morgan fingerprint density at radius 2 is 1.94 bits per heavy atom. The standard InChI is InChI=1S/C14H19NO2/c1-10-5-6-12(11(2)9-10)15-13(16)14(17)7-3-4-8-14/h5-6,9,17H,3-4,7-8H2,1-2H3,(H,15,16). The Kier molecular flexibility index (Phi) is 3.20. The molecule has 1 amide bonds. The topological polar surface area (TPSA) is 49.3 Å². The molecule has 0 heterocycles. The zero-order chi connectivity index (χ0) is 12.5. The normalized spacial score (nSPS) is 18.1. The predicted octanol–water partition coefficient (Wildman–Crippen LogP) is 2.55. The lowest BCUT2D eigenvalue weighted by molar-refractivity contribution is -0.133. The van der Waals surface area contributed by atoms with Gasteiger partial charge in [-0.1, -0.05) is 17.7 Å². The van der Waals surface area contributed by atoms with Crippen LogP contribution >= 0.6 is 0 Å². The van der Waals surface area contributed by atoms with Crippen LogP contribution in [0, 0.1) is 13.8 Å². The number of amides is 1. The van der Waals surface area contributed by atoms with Crippen LogP contribution < -0.4 is 5.32 Å². The Hall–Kier alpha value is -1.35. The smallest absolute Gasteiger partial charge is 0.256 e. The highest BCUT2D eigenvalue weighted by Crippen LogP contribution is 2.31. The third-order valence-electron chi connectivity index (χ3n) is 3.48. The highest BCUT2D eigenvalue weighted by atomic mass is 16.3. The number of hydrogen-bond donors (Lipinski definition) is 2. The molecule has 1 aromatic rings. The van der Waals surface area contributed by atoms with E-state index in [1.807, 2.05) is 32.0 Å². The number of carbonyl (C=O) groups is 1. The van der Waals surface area contributed by atoms with E-state index in [1.165, 1.54) is 5.56 Å². The molecule has 0 bridgehead atoms. The molecule has 1 aliphatic rings. The Labute approximate surface area is 102 Å². The van der Waals surface area contributed by atoms with Crippen LogP contribution in [0.3, 0.4) is 0 Å². The van der Waals surface area contributed by atoms with E-state index in [2.05, 4.69) is 5.32 Å². The highest BCUT2D eigenvalue weighted by molar-refractivity contribution is 5.97. The quantitative estimate of drug-likeness (QED) is 0.824. The van der Waals surface area contributed by atoms with Gasteiger partial charge in [0.25, 0.3) is 5.91 Å². The minimum atomic E-state index is -1.16. The van der Waals surface area contributed by atoms with Crippen molar-refractivity contribution >= 4 is 11.6 Å². The van der Waals surface area contributed by atoms with Gasteiger partial charge < -0.3 is 10.4 Å². The van der Waals surface area contributed by atoms with Gasteiger partial charge in [0.1, 0.15) is 5.60 Å². The van der Waals surface area contributed by atoms with E-state index in [4.69, 9.17) is 0 Å². The molecule has 0 aliphatic heterocycles. The molecule has 0 aromatic heterocycles. The van der Waals surface area contributed by atoms with Crippen molar-refractivity contribution in [1.29, 1.82) is 0 Å². The number of rotatable bonds is 2. The summed E-state index contributed by atoms with van der Waals surface area (Å²) in [5.41, 5.74) is 1.83. The number of benzene rings is 1. The first-order valence-corrected chi connectivity index (χ1v) is 6.12. The second-order valence-corrected chi connectivity index (χ2v) is 5.01. The van der Waals surface area contributed by atoms with E-state index < -0.39 is 5.60 Å². The van der Waals surface area contributed by atoms with Crippen LogP contribution in [-0.4, -0.2) is 16.6 Å². The first kappa shape index (κ1) is 12.1. The van der Waals surface area contributed by atoms with Crippen LogP contribution in [0.25, 0.3) is 0 Å². The minimum Gasteiger partial charge on any atom is -0.380 e. The molecule has 3 nitrogen and oxygen atoms in total. The zero-order valence-corrected chi connectivity index (χ0v) is 10.4. The van der Waals surface area contributed by atoms with Gasteiger partial charge in [-0.25, -0.2) is 0 Å². The van der Waals surface area contributed by atoms with E-state index in [1.54, 1.807) is 0 Å². The molecule has 1 aromatic carbocycles. The average Bonchev–Trinajstić information content (AvgIpc) is 2.71. The lowest BCUT2D eigenvalue weighted by atomic mass is 10.0. The first-order valence-electron chi connectivity index (χ1n) is 6.12. The Bertz CT molecular complexity index is 434. The van der Waals surface area contributed by atoms with Crippen LogP contribution in [0.1, 0.15) is 36.8 Å². The van der Waals surface area contributed by atoms with Crippen molar-refractivity contribution in [3.63, 3.8) is 0 Å². The zero-order valence-electron chi connectivity index (χ0n) is 10.4. The van der Waals surface area contributed by atoms with Crippen LogP contribution in [-0.2, 0) is 4.79 Å². The van der Waals surface area contributed by atoms with Crippen LogP contribution in [0.5, 0.6) is 0 Å². The molecule has 0 unspecified atom stereocenters. The summed E-state index contributed by atoms with van der Waals surface area (Å²) in [5.74, 6) is -0.262. The molecular formula is C14H19NO2. The van der Waals surface area contributed by atoms with Crippen molar-refractivity contribution in [3.05, 3.63) is 29.3 Å². The van der Waals surface area contributed by atoms with Gasteiger partial charge in [-0.2, -0.15) is 0 Å². The molecule has 0 radical (unpaired) electrons. The van der Waals surface area contributed by atoms with Gasteiger partial charge in [0.05, 0.1) is 0 Å². The van der Waals surface area contributed by atoms with Gasteiger partial charge in [0, 0.05) is 5.69 Å². The molecule has 92 valence electrons. The fourth-order valence-electron chi connectivity index (χ4n) is 2.38. The fraction of sp³-hybridized carbons (Fsp3) is 0.500. The number of hydrogen-bond acceptors (Lipinski definition) is 2. The summed E-state index contributed by atoms with van der Waals surface area (Å²) in [4.78, 5) is 12.0. The summed E-state index contributed by atoms with van der Waals surface area (Å²) in [7, 11) is 0. The number of aryl methyl sites for hydroxylation is 2. The van der Waals surface area contributed by atoms with Crippen molar-refractivity contribution in [3.8, 4) is 0 Å². The van der Waals surface area contributed by atoms with Crippen molar-refractivity contribution in [2.24, 2.45) is 0 Å². The molecule has 17 heavy (non-hydrogen) atoms. The van der Waals surface area contributed by atoms with Crippen molar-refractivity contribution < 1.29 is 9.90 Å². The van der Waals surface area contributed by atoms with Crippen LogP contribution in [0.2, 0.25) is 0 Å². The number of nitrogens with one attached hydrogen (secondary N) is 1. The SMILES string of the molecule is Cc1ccc(NC(=O)C2(O)CCCC2)c(C)c1. The third kappa shape index (κ3) is 2.50. The second-order valence-electron chi connectivity index (χ2n) is 5.01. The summed E-state index contributed by atoms with van der Waals surface area (Å²) in [5, 5.41) is 13.0. The van der Waals surface area contributed by atoms with Gasteiger partial charge in [0.15, 0.2) is 0 Å². The maximum absolute atomic E-state index is 12.0. The molecule has 3 heteroatoms. The summed E-state index contributed by atoms with van der Waals surface area (Å²) in [6.45, 7) is 3.98. The Morgan fingerprint density at radius 1 is 1.29 bits per heavy atom. The molecule has 0 saturated heterocycles. The molecule has 2 N–H and O–H groups in total. The summed E-state index contributed by atoms with van der Waals surface area (Å²) in [6.07, 6.45) is 3.00. The number of carbonyl (C=O) groups excluding carboxylic acids is 1. The number of aliphatic hydroxyl groups is 1. The van der Waals surface area contributed by atoms with Gasteiger partial charge in [-0.05, 0) is 51.2 Å². The largest absolute Gasteiger partial charge is 0.380 e. The van der Waals surface area contributed by atoms with Gasteiger partial charge in [0.2, 0.25) is 0 Å². The van der Waals surface area contributed by atoms with Gasteiger partial charge in [-0.15, -0.1) is 0 Å². The molecule has 2 rings (SSSR count).